The van der Waals surface area contributed by atoms with Gasteiger partial charge in [-0.1, -0.05) is 13.3 Å². The minimum Gasteiger partial charge on any atom is -0.491 e. The van der Waals surface area contributed by atoms with E-state index < -0.39 is 23.4 Å². The van der Waals surface area contributed by atoms with E-state index in [1.165, 1.54) is 7.11 Å². The number of hydrogen-bond donors (Lipinski definition) is 0. The first-order valence-corrected chi connectivity index (χ1v) is 7.29. The number of methoxy groups -OCH3 is 1. The Balaban J connectivity index is 2.00. The van der Waals surface area contributed by atoms with E-state index in [9.17, 15) is 13.6 Å². The molecule has 1 fully saturated rings. The molecule has 3 nitrogen and oxygen atoms in total. The van der Waals surface area contributed by atoms with Gasteiger partial charge in [-0.05, 0) is 31.6 Å². The first-order chi connectivity index (χ1) is 10.0. The number of carbonyl (C=O) groups is 1. The van der Waals surface area contributed by atoms with Crippen molar-refractivity contribution in [3.05, 3.63) is 23.8 Å². The first-order valence-electron chi connectivity index (χ1n) is 7.29. The standard InChI is InChI=1S/C16H20F2O3/c1-3-10-4-6-11(7-5-10)16(19)21-12-8-13(17)15(20-2)14(18)9-12/h8-11H,3-7H2,1-2H3. The third kappa shape index (κ3) is 3.71. The van der Waals surface area contributed by atoms with Crippen LogP contribution in [0.15, 0.2) is 12.1 Å². The molecule has 2 rings (SSSR count). The Morgan fingerprint density at radius 3 is 2.24 bits per heavy atom. The van der Waals surface area contributed by atoms with Crippen LogP contribution in [0.25, 0.3) is 0 Å². The van der Waals surface area contributed by atoms with E-state index in [1.807, 2.05) is 0 Å². The Bertz CT molecular complexity index is 485. The molecular formula is C16H20F2O3. The smallest absolute Gasteiger partial charge is 0.314 e. The summed E-state index contributed by atoms with van der Waals surface area (Å²) in [6.07, 6.45) is 4.68. The second-order valence-electron chi connectivity index (χ2n) is 5.47. The normalized spacial score (nSPS) is 21.9. The van der Waals surface area contributed by atoms with E-state index in [2.05, 4.69) is 11.7 Å². The topological polar surface area (TPSA) is 35.5 Å². The molecule has 0 amide bonds. The van der Waals surface area contributed by atoms with Crippen molar-refractivity contribution >= 4 is 5.97 Å². The van der Waals surface area contributed by atoms with Crippen molar-refractivity contribution in [3.63, 3.8) is 0 Å². The summed E-state index contributed by atoms with van der Waals surface area (Å²) >= 11 is 0. The molecule has 0 aliphatic heterocycles. The van der Waals surface area contributed by atoms with Crippen LogP contribution in [0, 0.1) is 23.5 Å². The Hall–Kier alpha value is -1.65. The lowest BCUT2D eigenvalue weighted by molar-refractivity contribution is -0.140. The summed E-state index contributed by atoms with van der Waals surface area (Å²) in [6.45, 7) is 2.15. The molecule has 1 aromatic carbocycles. The Morgan fingerprint density at radius 1 is 1.19 bits per heavy atom. The van der Waals surface area contributed by atoms with E-state index in [4.69, 9.17) is 4.74 Å². The predicted octanol–water partition coefficient (Wildman–Crippen LogP) is 4.10. The van der Waals surface area contributed by atoms with Crippen molar-refractivity contribution in [2.24, 2.45) is 11.8 Å². The number of ether oxygens (including phenoxy) is 2. The molecule has 1 aliphatic carbocycles. The van der Waals surface area contributed by atoms with Crippen molar-refractivity contribution in [2.45, 2.75) is 39.0 Å². The number of esters is 1. The van der Waals surface area contributed by atoms with Gasteiger partial charge in [0.25, 0.3) is 0 Å². The zero-order valence-electron chi connectivity index (χ0n) is 12.3. The fourth-order valence-corrected chi connectivity index (χ4v) is 2.80. The Labute approximate surface area is 123 Å². The van der Waals surface area contributed by atoms with Crippen LogP contribution in [0.2, 0.25) is 0 Å². The number of halogens is 2. The van der Waals surface area contributed by atoms with Gasteiger partial charge >= 0.3 is 5.97 Å². The highest BCUT2D eigenvalue weighted by atomic mass is 19.1. The average molecular weight is 298 g/mol. The average Bonchev–Trinajstić information content (AvgIpc) is 2.47. The molecule has 0 heterocycles. The van der Waals surface area contributed by atoms with Crippen molar-refractivity contribution in [1.82, 2.24) is 0 Å². The van der Waals surface area contributed by atoms with Crippen LogP contribution in [0.5, 0.6) is 11.5 Å². The van der Waals surface area contributed by atoms with Crippen molar-refractivity contribution in [2.75, 3.05) is 7.11 Å². The largest absolute Gasteiger partial charge is 0.491 e. The molecule has 0 unspecified atom stereocenters. The van der Waals surface area contributed by atoms with E-state index in [-0.39, 0.29) is 11.7 Å². The number of benzene rings is 1. The summed E-state index contributed by atoms with van der Waals surface area (Å²) in [6, 6.07) is 1.94. The number of hydrogen-bond acceptors (Lipinski definition) is 3. The minimum atomic E-state index is -0.880. The molecule has 0 radical (unpaired) electrons. The summed E-state index contributed by atoms with van der Waals surface area (Å²) < 4.78 is 36.8. The lowest BCUT2D eigenvalue weighted by Crippen LogP contribution is -2.25. The van der Waals surface area contributed by atoms with Crippen LogP contribution in [0.3, 0.4) is 0 Å². The molecule has 1 aliphatic rings. The Kier molecular flexibility index (Phi) is 5.15. The van der Waals surface area contributed by atoms with Gasteiger partial charge in [0.2, 0.25) is 0 Å². The van der Waals surface area contributed by atoms with Crippen LogP contribution in [-0.4, -0.2) is 13.1 Å². The van der Waals surface area contributed by atoms with Crippen molar-refractivity contribution in [3.8, 4) is 11.5 Å². The van der Waals surface area contributed by atoms with Gasteiger partial charge in [-0.15, -0.1) is 0 Å². The molecular weight excluding hydrogens is 278 g/mol. The first kappa shape index (κ1) is 15.7. The second kappa shape index (κ2) is 6.87. The minimum absolute atomic E-state index is 0.117. The van der Waals surface area contributed by atoms with Crippen LogP contribution in [0.4, 0.5) is 8.78 Å². The quantitative estimate of drug-likeness (QED) is 0.620. The van der Waals surface area contributed by atoms with Gasteiger partial charge in [0.05, 0.1) is 13.0 Å². The van der Waals surface area contributed by atoms with Gasteiger partial charge in [0.1, 0.15) is 5.75 Å². The maximum atomic E-state index is 13.5. The lowest BCUT2D eigenvalue weighted by Gasteiger charge is -2.26. The predicted molar refractivity (Wildman–Crippen MR) is 74.3 cm³/mol. The summed E-state index contributed by atoms with van der Waals surface area (Å²) in [5, 5.41) is 0. The number of carbonyl (C=O) groups excluding carboxylic acids is 1. The van der Waals surface area contributed by atoms with Crippen molar-refractivity contribution < 1.29 is 23.0 Å². The summed E-state index contributed by atoms with van der Waals surface area (Å²) in [7, 11) is 1.18. The van der Waals surface area contributed by atoms with Crippen LogP contribution in [-0.2, 0) is 4.79 Å². The van der Waals surface area contributed by atoms with Crippen LogP contribution >= 0.6 is 0 Å². The second-order valence-corrected chi connectivity index (χ2v) is 5.47. The molecule has 0 bridgehead atoms. The molecule has 0 aromatic heterocycles. The highest BCUT2D eigenvalue weighted by Crippen LogP contribution is 2.32. The molecule has 0 atom stereocenters. The molecule has 21 heavy (non-hydrogen) atoms. The molecule has 0 saturated heterocycles. The van der Waals surface area contributed by atoms with E-state index in [1.54, 1.807) is 0 Å². The summed E-state index contributed by atoms with van der Waals surface area (Å²) in [5.74, 6) is -2.27. The highest BCUT2D eigenvalue weighted by molar-refractivity contribution is 5.75. The summed E-state index contributed by atoms with van der Waals surface area (Å²) in [4.78, 5) is 12.0. The molecule has 1 saturated carbocycles. The maximum Gasteiger partial charge on any atom is 0.314 e. The van der Waals surface area contributed by atoms with Gasteiger partial charge < -0.3 is 9.47 Å². The van der Waals surface area contributed by atoms with E-state index in [0.29, 0.717) is 5.92 Å². The van der Waals surface area contributed by atoms with Gasteiger partial charge in [0.15, 0.2) is 17.4 Å². The monoisotopic (exact) mass is 298 g/mol. The third-order valence-corrected chi connectivity index (χ3v) is 4.15. The zero-order chi connectivity index (χ0) is 15.4. The van der Waals surface area contributed by atoms with Gasteiger partial charge in [0, 0.05) is 12.1 Å². The van der Waals surface area contributed by atoms with Crippen LogP contribution in [0.1, 0.15) is 39.0 Å². The fraction of sp³-hybridized carbons (Fsp3) is 0.562. The fourth-order valence-electron chi connectivity index (χ4n) is 2.80. The molecule has 0 spiro atoms. The third-order valence-electron chi connectivity index (χ3n) is 4.15. The lowest BCUT2D eigenvalue weighted by atomic mass is 9.81. The van der Waals surface area contributed by atoms with Crippen molar-refractivity contribution in [1.29, 1.82) is 0 Å². The molecule has 0 N–H and O–H groups in total. The van der Waals surface area contributed by atoms with Gasteiger partial charge in [-0.25, -0.2) is 8.78 Å². The Morgan fingerprint density at radius 2 is 1.76 bits per heavy atom. The van der Waals surface area contributed by atoms with Crippen LogP contribution < -0.4 is 9.47 Å². The van der Waals surface area contributed by atoms with E-state index in [0.717, 1.165) is 44.2 Å². The zero-order valence-corrected chi connectivity index (χ0v) is 12.3. The summed E-state index contributed by atoms with van der Waals surface area (Å²) in [5.41, 5.74) is 0. The van der Waals surface area contributed by atoms with E-state index >= 15 is 0 Å². The molecule has 116 valence electrons. The highest BCUT2D eigenvalue weighted by Gasteiger charge is 2.27. The maximum absolute atomic E-state index is 13.5. The van der Waals surface area contributed by atoms with Gasteiger partial charge in [-0.3, -0.25) is 4.79 Å². The van der Waals surface area contributed by atoms with Gasteiger partial charge in [-0.2, -0.15) is 0 Å². The SMILES string of the molecule is CCC1CCC(C(=O)Oc2cc(F)c(OC)c(F)c2)CC1. The number of rotatable bonds is 4. The molecule has 5 heteroatoms. The molecule has 1 aromatic rings.